The lowest BCUT2D eigenvalue weighted by molar-refractivity contribution is -0.140. The molecule has 2 saturated carbocycles. The van der Waals surface area contributed by atoms with E-state index in [9.17, 15) is 14.7 Å². The van der Waals surface area contributed by atoms with Gasteiger partial charge in [0.2, 0.25) is 0 Å². The average Bonchev–Trinajstić information content (AvgIpc) is 3.43. The van der Waals surface area contributed by atoms with Crippen molar-refractivity contribution in [3.05, 3.63) is 59.8 Å². The molecule has 2 aliphatic carbocycles. The van der Waals surface area contributed by atoms with Gasteiger partial charge in [0.05, 0.1) is 5.41 Å². The predicted molar refractivity (Wildman–Crippen MR) is 128 cm³/mol. The van der Waals surface area contributed by atoms with Crippen molar-refractivity contribution in [2.45, 2.75) is 63.4 Å². The number of hydrogen-bond acceptors (Lipinski definition) is 5. The van der Waals surface area contributed by atoms with Crippen LogP contribution in [0.4, 0.5) is 10.5 Å². The maximum atomic E-state index is 12.6. The van der Waals surface area contributed by atoms with Crippen molar-refractivity contribution in [1.82, 2.24) is 5.16 Å². The third kappa shape index (κ3) is 4.06. The van der Waals surface area contributed by atoms with Crippen LogP contribution in [0, 0.1) is 6.92 Å². The first-order valence-corrected chi connectivity index (χ1v) is 11.7. The molecule has 0 atom stereocenters. The normalized spacial score (nSPS) is 17.8. The summed E-state index contributed by atoms with van der Waals surface area (Å²) in [5, 5.41) is 16.4. The highest BCUT2D eigenvalue weighted by Crippen LogP contribution is 2.48. The van der Waals surface area contributed by atoms with E-state index < -0.39 is 23.1 Å². The number of rotatable bonds is 6. The molecule has 1 amide bonds. The molecule has 0 saturated heterocycles. The Morgan fingerprint density at radius 1 is 0.941 bits per heavy atom. The zero-order valence-corrected chi connectivity index (χ0v) is 19.4. The molecule has 7 heteroatoms. The molecule has 5 rings (SSSR count). The van der Waals surface area contributed by atoms with Gasteiger partial charge in [-0.25, -0.2) is 4.79 Å². The number of aliphatic carboxylic acids is 1. The van der Waals surface area contributed by atoms with E-state index >= 15 is 0 Å². The fourth-order valence-electron chi connectivity index (χ4n) is 4.84. The van der Waals surface area contributed by atoms with Gasteiger partial charge in [0.15, 0.2) is 5.76 Å². The van der Waals surface area contributed by atoms with Crippen LogP contribution in [-0.2, 0) is 14.9 Å². The number of anilines is 1. The molecule has 34 heavy (non-hydrogen) atoms. The molecule has 2 aromatic carbocycles. The highest BCUT2D eigenvalue weighted by molar-refractivity contribution is 5.91. The molecule has 1 aromatic heterocycles. The summed E-state index contributed by atoms with van der Waals surface area (Å²) in [6.07, 6.45) is 4.76. The number of hydrogen-bond donors (Lipinski definition) is 2. The van der Waals surface area contributed by atoms with Crippen molar-refractivity contribution in [1.29, 1.82) is 0 Å². The fourth-order valence-corrected chi connectivity index (χ4v) is 4.84. The first-order chi connectivity index (χ1) is 16.3. The number of carboxylic acid groups (broad SMARTS) is 1. The Balaban J connectivity index is 1.32. The molecule has 0 unspecified atom stereocenters. The van der Waals surface area contributed by atoms with Crippen LogP contribution in [0.2, 0.25) is 0 Å². The SMILES string of the molecule is Cc1noc(-c2ccc(-c3ccc(C4(C(=O)O)CC4)cc3)cc2)c1NC(=O)OC1(C)CCCC1. The van der Waals surface area contributed by atoms with Crippen LogP contribution in [0.15, 0.2) is 53.1 Å². The minimum atomic E-state index is -0.752. The quantitative estimate of drug-likeness (QED) is 0.447. The molecular formula is C27H28N2O5. The van der Waals surface area contributed by atoms with Crippen LogP contribution in [0.3, 0.4) is 0 Å². The molecule has 2 fully saturated rings. The smallest absolute Gasteiger partial charge is 0.412 e. The Kier molecular flexibility index (Phi) is 5.42. The highest BCUT2D eigenvalue weighted by atomic mass is 16.6. The van der Waals surface area contributed by atoms with Crippen LogP contribution < -0.4 is 5.32 Å². The first-order valence-electron chi connectivity index (χ1n) is 11.7. The zero-order chi connectivity index (χ0) is 23.9. The lowest BCUT2D eigenvalue weighted by Gasteiger charge is -2.24. The lowest BCUT2D eigenvalue weighted by atomic mass is 9.93. The summed E-state index contributed by atoms with van der Waals surface area (Å²) in [6.45, 7) is 3.75. The molecule has 2 aliphatic rings. The van der Waals surface area contributed by atoms with Gasteiger partial charge in [-0.05, 0) is 69.1 Å². The minimum absolute atomic E-state index is 0.421. The molecule has 0 aliphatic heterocycles. The van der Waals surface area contributed by atoms with Crippen molar-refractivity contribution in [2.24, 2.45) is 0 Å². The van der Waals surface area contributed by atoms with Gasteiger partial charge in [-0.1, -0.05) is 53.7 Å². The van der Waals surface area contributed by atoms with E-state index in [4.69, 9.17) is 9.26 Å². The number of carboxylic acids is 1. The summed E-state index contributed by atoms with van der Waals surface area (Å²) in [6, 6.07) is 15.5. The Hall–Kier alpha value is -3.61. The highest BCUT2D eigenvalue weighted by Gasteiger charge is 2.51. The van der Waals surface area contributed by atoms with E-state index in [0.29, 0.717) is 30.0 Å². The minimum Gasteiger partial charge on any atom is -0.481 e. The van der Waals surface area contributed by atoms with E-state index in [1.165, 1.54) is 0 Å². The summed E-state index contributed by atoms with van der Waals surface area (Å²) >= 11 is 0. The Labute approximate surface area is 198 Å². The van der Waals surface area contributed by atoms with E-state index in [0.717, 1.165) is 47.9 Å². The van der Waals surface area contributed by atoms with Gasteiger partial charge in [-0.3, -0.25) is 10.1 Å². The van der Waals surface area contributed by atoms with Gasteiger partial charge < -0.3 is 14.4 Å². The number of nitrogens with zero attached hydrogens (tertiary/aromatic N) is 1. The molecule has 0 radical (unpaired) electrons. The fraction of sp³-hybridized carbons (Fsp3) is 0.370. The Morgan fingerprint density at radius 3 is 2.06 bits per heavy atom. The number of benzene rings is 2. The van der Waals surface area contributed by atoms with E-state index in [1.54, 1.807) is 6.92 Å². The summed E-state index contributed by atoms with van der Waals surface area (Å²) in [4.78, 5) is 24.1. The van der Waals surface area contributed by atoms with Crippen LogP contribution in [0.25, 0.3) is 22.5 Å². The predicted octanol–water partition coefficient (Wildman–Crippen LogP) is 6.31. The molecule has 3 aromatic rings. The van der Waals surface area contributed by atoms with Crippen molar-refractivity contribution in [3.63, 3.8) is 0 Å². The second-order valence-electron chi connectivity index (χ2n) is 9.69. The van der Waals surface area contributed by atoms with Gasteiger partial charge in [-0.2, -0.15) is 0 Å². The number of carbonyl (C=O) groups is 2. The summed E-state index contributed by atoms with van der Waals surface area (Å²) in [7, 11) is 0. The second-order valence-corrected chi connectivity index (χ2v) is 9.69. The van der Waals surface area contributed by atoms with Crippen molar-refractivity contribution >= 4 is 17.7 Å². The number of aryl methyl sites for hydroxylation is 1. The van der Waals surface area contributed by atoms with Gasteiger partial charge in [-0.15, -0.1) is 0 Å². The van der Waals surface area contributed by atoms with Crippen LogP contribution >= 0.6 is 0 Å². The van der Waals surface area contributed by atoms with Crippen molar-refractivity contribution < 1.29 is 24.0 Å². The number of carbonyl (C=O) groups excluding carboxylic acids is 1. The molecule has 0 spiro atoms. The average molecular weight is 461 g/mol. The largest absolute Gasteiger partial charge is 0.481 e. The number of ether oxygens (including phenoxy) is 1. The molecule has 7 nitrogen and oxygen atoms in total. The maximum Gasteiger partial charge on any atom is 0.412 e. The zero-order valence-electron chi connectivity index (χ0n) is 19.4. The third-order valence-electron chi connectivity index (χ3n) is 7.17. The van der Waals surface area contributed by atoms with Crippen LogP contribution in [0.5, 0.6) is 0 Å². The third-order valence-corrected chi connectivity index (χ3v) is 7.17. The summed E-state index contributed by atoms with van der Waals surface area (Å²) in [5.41, 5.74) is 3.59. The van der Waals surface area contributed by atoms with E-state index in [1.807, 2.05) is 55.5 Å². The molecule has 1 heterocycles. The van der Waals surface area contributed by atoms with Gasteiger partial charge in [0, 0.05) is 5.56 Å². The van der Waals surface area contributed by atoms with Crippen molar-refractivity contribution in [3.8, 4) is 22.5 Å². The monoisotopic (exact) mass is 460 g/mol. The van der Waals surface area contributed by atoms with Gasteiger partial charge >= 0.3 is 12.1 Å². The Bertz CT molecular complexity index is 1220. The van der Waals surface area contributed by atoms with E-state index in [2.05, 4.69) is 10.5 Å². The van der Waals surface area contributed by atoms with Crippen LogP contribution in [0.1, 0.15) is 56.7 Å². The number of nitrogens with one attached hydrogen (secondary N) is 1. The van der Waals surface area contributed by atoms with Gasteiger partial charge in [0.1, 0.15) is 17.0 Å². The molecule has 0 bridgehead atoms. The number of amides is 1. The topological polar surface area (TPSA) is 102 Å². The number of aromatic nitrogens is 1. The van der Waals surface area contributed by atoms with Gasteiger partial charge in [0.25, 0.3) is 0 Å². The van der Waals surface area contributed by atoms with Crippen molar-refractivity contribution in [2.75, 3.05) is 5.32 Å². The van der Waals surface area contributed by atoms with E-state index in [-0.39, 0.29) is 0 Å². The van der Waals surface area contributed by atoms with Crippen LogP contribution in [-0.4, -0.2) is 27.9 Å². The maximum absolute atomic E-state index is 12.6. The standard InChI is InChI=1S/C27H28N2O5/c1-17-22(28-25(32)33-26(2)13-3-4-14-26)23(34-29-17)20-7-5-18(6-8-20)19-9-11-21(12-10-19)27(15-16-27)24(30)31/h5-12H,3-4,13-16H2,1-2H3,(H,28,32)(H,30,31). The second kappa shape index (κ2) is 8.31. The summed E-state index contributed by atoms with van der Waals surface area (Å²) in [5.74, 6) is -0.275. The summed E-state index contributed by atoms with van der Waals surface area (Å²) < 4.78 is 11.2. The molecule has 2 N–H and O–H groups in total. The lowest BCUT2D eigenvalue weighted by Crippen LogP contribution is -2.30. The Morgan fingerprint density at radius 2 is 1.50 bits per heavy atom. The molecular weight excluding hydrogens is 432 g/mol. The molecule has 176 valence electrons. The first kappa shape index (κ1) is 22.2.